The van der Waals surface area contributed by atoms with Crippen LogP contribution in [0.15, 0.2) is 25.3 Å². The molecular weight excluding hydrogens is 304 g/mol. The molecule has 0 saturated heterocycles. The number of allylic oxidation sites excluding steroid dienone is 2. The first-order chi connectivity index (χ1) is 8.13. The van der Waals surface area contributed by atoms with Crippen molar-refractivity contribution in [2.45, 2.75) is 18.1 Å². The van der Waals surface area contributed by atoms with Crippen LogP contribution in [0.1, 0.15) is 12.8 Å². The molecule has 1 N–H and O–H groups in total. The molecule has 0 radical (unpaired) electrons. The minimum Gasteiger partial charge on any atom is -0.549 e. The summed E-state index contributed by atoms with van der Waals surface area (Å²) in [6.07, 6.45) is 0.945. The van der Waals surface area contributed by atoms with Gasteiger partial charge in [-0.05, 0) is 12.8 Å². The van der Waals surface area contributed by atoms with Gasteiger partial charge >= 0.3 is 37.7 Å². The molecule has 0 heterocycles. The van der Waals surface area contributed by atoms with Crippen LogP contribution in [0.5, 0.6) is 0 Å². The van der Waals surface area contributed by atoms with E-state index >= 15 is 0 Å². The largest absolute Gasteiger partial charge is 2.00 e. The molecule has 9 heteroatoms. The van der Waals surface area contributed by atoms with Gasteiger partial charge in [0.25, 0.3) is 10.1 Å². The Hall–Kier alpha value is -0.410. The van der Waals surface area contributed by atoms with Gasteiger partial charge in [-0.3, -0.25) is 4.55 Å². The van der Waals surface area contributed by atoms with Crippen molar-refractivity contribution in [3.05, 3.63) is 25.3 Å². The van der Waals surface area contributed by atoms with E-state index < -0.39 is 45.6 Å². The molecule has 0 aliphatic heterocycles. The van der Waals surface area contributed by atoms with Crippen molar-refractivity contribution >= 4 is 59.8 Å². The van der Waals surface area contributed by atoms with Crippen LogP contribution in [0.25, 0.3) is 0 Å². The minimum atomic E-state index is -5.19. The second-order valence-electron chi connectivity index (χ2n) is 3.64. The zero-order valence-corrected chi connectivity index (χ0v) is 13.1. The quantitative estimate of drug-likeness (QED) is 0.297. The van der Waals surface area contributed by atoms with Crippen molar-refractivity contribution < 1.29 is 32.8 Å². The van der Waals surface area contributed by atoms with Crippen LogP contribution in [0.4, 0.5) is 0 Å². The first-order valence-electron chi connectivity index (χ1n) is 4.74. The molecule has 0 saturated carbocycles. The summed E-state index contributed by atoms with van der Waals surface area (Å²) in [6.45, 7) is 6.44. The molecule has 0 bridgehead atoms. The molecule has 0 aromatic rings. The van der Waals surface area contributed by atoms with E-state index in [1.54, 1.807) is 0 Å². The van der Waals surface area contributed by atoms with Crippen LogP contribution in [0.2, 0.25) is 0 Å². The van der Waals surface area contributed by atoms with Gasteiger partial charge in [-0.15, -0.1) is 13.2 Å². The molecule has 1 atom stereocenters. The Balaban J connectivity index is 0. The average molecular weight is 316 g/mol. The Morgan fingerprint density at radius 1 is 1.21 bits per heavy atom. The van der Waals surface area contributed by atoms with Crippen molar-refractivity contribution in [1.82, 2.24) is 0 Å². The van der Waals surface area contributed by atoms with E-state index in [1.807, 2.05) is 0 Å². The first-order valence-corrected chi connectivity index (χ1v) is 6.24. The number of carboxylic acids is 2. The molecule has 0 rings (SSSR count). The third-order valence-corrected chi connectivity index (χ3v) is 3.68. The maximum Gasteiger partial charge on any atom is 2.00 e. The second kappa shape index (κ2) is 8.01. The van der Waals surface area contributed by atoms with Crippen molar-refractivity contribution in [3.8, 4) is 0 Å². The Morgan fingerprint density at radius 3 is 1.74 bits per heavy atom. The van der Waals surface area contributed by atoms with Crippen LogP contribution < -0.4 is 10.2 Å². The van der Waals surface area contributed by atoms with E-state index in [2.05, 4.69) is 13.2 Å². The van der Waals surface area contributed by atoms with E-state index in [0.29, 0.717) is 0 Å². The number of hydrogen-bond donors (Lipinski definition) is 1. The molecule has 0 amide bonds. The van der Waals surface area contributed by atoms with Crippen molar-refractivity contribution in [2.75, 3.05) is 0 Å². The van der Waals surface area contributed by atoms with Gasteiger partial charge < -0.3 is 19.8 Å². The van der Waals surface area contributed by atoms with E-state index in [-0.39, 0.29) is 37.7 Å². The van der Waals surface area contributed by atoms with E-state index in [1.165, 1.54) is 0 Å². The Bertz CT molecular complexity index is 458. The molecule has 19 heavy (non-hydrogen) atoms. The van der Waals surface area contributed by atoms with Crippen molar-refractivity contribution in [2.24, 2.45) is 5.41 Å². The maximum atomic E-state index is 11.1. The van der Waals surface area contributed by atoms with Gasteiger partial charge in [-0.25, -0.2) is 0 Å². The third kappa shape index (κ3) is 4.88. The van der Waals surface area contributed by atoms with E-state index in [9.17, 15) is 28.2 Å². The molecule has 102 valence electrons. The van der Waals surface area contributed by atoms with Crippen LogP contribution in [0, 0.1) is 5.41 Å². The SMILES string of the molecule is C=CCC(CC=C)(C(=O)[O-])C(C(=O)[O-])S(=O)(=O)O.[Ca+2]. The number of carboxylic acid groups (broad SMARTS) is 2. The van der Waals surface area contributed by atoms with E-state index in [4.69, 9.17) is 4.55 Å². The molecule has 0 aliphatic carbocycles. The number of carbonyl (C=O) groups excluding carboxylic acids is 2. The fourth-order valence-corrected chi connectivity index (χ4v) is 2.82. The molecule has 0 aliphatic rings. The summed E-state index contributed by atoms with van der Waals surface area (Å²) in [5.74, 6) is -4.18. The predicted molar refractivity (Wildman–Crippen MR) is 63.2 cm³/mol. The monoisotopic (exact) mass is 316 g/mol. The molecular formula is C10H12CaO7S. The van der Waals surface area contributed by atoms with Crippen molar-refractivity contribution in [3.63, 3.8) is 0 Å². The van der Waals surface area contributed by atoms with Gasteiger partial charge in [0.15, 0.2) is 0 Å². The average Bonchev–Trinajstić information content (AvgIpc) is 2.14. The molecule has 0 aromatic carbocycles. The van der Waals surface area contributed by atoms with Crippen LogP contribution in [-0.2, 0) is 19.7 Å². The second-order valence-corrected chi connectivity index (χ2v) is 5.14. The fraction of sp³-hybridized carbons (Fsp3) is 0.400. The molecule has 1 unspecified atom stereocenters. The summed E-state index contributed by atoms with van der Waals surface area (Å²) < 4.78 is 31.0. The summed E-state index contributed by atoms with van der Waals surface area (Å²) in [7, 11) is -5.19. The van der Waals surface area contributed by atoms with Gasteiger partial charge in [0.1, 0.15) is 5.25 Å². The van der Waals surface area contributed by atoms with Gasteiger partial charge in [0.05, 0.1) is 5.97 Å². The number of carbonyl (C=O) groups is 2. The van der Waals surface area contributed by atoms with Crippen molar-refractivity contribution in [1.29, 1.82) is 0 Å². The van der Waals surface area contributed by atoms with Crippen LogP contribution in [-0.4, -0.2) is 67.9 Å². The fourth-order valence-electron chi connectivity index (χ4n) is 1.72. The summed E-state index contributed by atoms with van der Waals surface area (Å²) in [5, 5.41) is 19.3. The normalized spacial score (nSPS) is 12.9. The first kappa shape index (κ1) is 20.9. The summed E-state index contributed by atoms with van der Waals surface area (Å²) in [4.78, 5) is 22.0. The zero-order chi connectivity index (χ0) is 14.6. The molecule has 0 spiro atoms. The molecule has 7 nitrogen and oxygen atoms in total. The van der Waals surface area contributed by atoms with Gasteiger partial charge in [0.2, 0.25) is 0 Å². The third-order valence-electron chi connectivity index (χ3n) is 2.44. The smallest absolute Gasteiger partial charge is 0.549 e. The van der Waals surface area contributed by atoms with E-state index in [0.717, 1.165) is 12.2 Å². The summed E-state index contributed by atoms with van der Waals surface area (Å²) in [5.41, 5.74) is -2.41. The zero-order valence-electron chi connectivity index (χ0n) is 10.1. The molecule has 0 fully saturated rings. The number of aliphatic carboxylic acids is 2. The minimum absolute atomic E-state index is 0. The maximum absolute atomic E-state index is 11.1. The molecule has 0 aromatic heterocycles. The van der Waals surface area contributed by atoms with Gasteiger partial charge in [-0.2, -0.15) is 8.42 Å². The standard InChI is InChI=1S/C10H14O7S.Ca/c1-3-5-10(6-4-2,9(13)14)7(8(11)12)18(15,16)17;/h3-4,7H,1-2,5-6H2,(H,11,12)(H,13,14)(H,15,16,17);/q;+2/p-2. The van der Waals surface area contributed by atoms with Gasteiger partial charge in [0, 0.05) is 11.4 Å². The summed E-state index contributed by atoms with van der Waals surface area (Å²) >= 11 is 0. The number of rotatable bonds is 8. The predicted octanol–water partition coefficient (Wildman–Crippen LogP) is -2.50. The Morgan fingerprint density at radius 2 is 1.58 bits per heavy atom. The Kier molecular flexibility index (Phi) is 8.81. The van der Waals surface area contributed by atoms with Crippen LogP contribution >= 0.6 is 0 Å². The van der Waals surface area contributed by atoms with Gasteiger partial charge in [-0.1, -0.05) is 12.2 Å². The Labute approximate surface area is 140 Å². The topological polar surface area (TPSA) is 135 Å². The number of hydrogen-bond acceptors (Lipinski definition) is 6. The summed E-state index contributed by atoms with van der Waals surface area (Å²) in [6, 6.07) is 0. The van der Waals surface area contributed by atoms with Crippen LogP contribution in [0.3, 0.4) is 0 Å².